The van der Waals surface area contributed by atoms with Crippen LogP contribution in [0.1, 0.15) is 25.8 Å². The summed E-state index contributed by atoms with van der Waals surface area (Å²) < 4.78 is 11.4. The van der Waals surface area contributed by atoms with Crippen LogP contribution in [0.2, 0.25) is 0 Å². The molecule has 96 valence electrons. The van der Waals surface area contributed by atoms with Crippen LogP contribution in [0.3, 0.4) is 0 Å². The second-order valence-corrected chi connectivity index (χ2v) is 4.92. The van der Waals surface area contributed by atoms with Crippen molar-refractivity contribution in [3.8, 4) is 23.8 Å². The molecule has 0 fully saturated rings. The molecule has 1 heterocycles. The summed E-state index contributed by atoms with van der Waals surface area (Å²) in [6.07, 6.45) is 6.38. The summed E-state index contributed by atoms with van der Waals surface area (Å²) in [4.78, 5) is 0. The van der Waals surface area contributed by atoms with E-state index in [9.17, 15) is 0 Å². The van der Waals surface area contributed by atoms with Gasteiger partial charge in [-0.3, -0.25) is 5.32 Å². The Morgan fingerprint density at radius 1 is 1.33 bits per heavy atom. The Labute approximate surface area is 108 Å². The number of hydrogen-bond donors (Lipinski definition) is 1. The lowest BCUT2D eigenvalue weighted by atomic mass is 10.1. The molecule has 0 saturated heterocycles. The number of terminal acetylenes is 1. The third kappa shape index (κ3) is 2.96. The number of hydrogen-bond acceptors (Lipinski definition) is 3. The van der Waals surface area contributed by atoms with Crippen molar-refractivity contribution in [1.82, 2.24) is 5.32 Å². The van der Waals surface area contributed by atoms with Gasteiger partial charge in [0, 0.05) is 18.5 Å². The molecule has 18 heavy (non-hydrogen) atoms. The van der Waals surface area contributed by atoms with E-state index in [2.05, 4.69) is 11.2 Å². The predicted octanol–water partition coefficient (Wildman–Crippen LogP) is 2.35. The van der Waals surface area contributed by atoms with Gasteiger partial charge in [0.05, 0.1) is 18.8 Å². The molecule has 0 radical (unpaired) electrons. The van der Waals surface area contributed by atoms with Crippen molar-refractivity contribution >= 4 is 0 Å². The summed E-state index contributed by atoms with van der Waals surface area (Å²) in [5, 5.41) is 3.32. The van der Waals surface area contributed by atoms with E-state index < -0.39 is 0 Å². The first-order chi connectivity index (χ1) is 8.62. The molecule has 0 saturated carbocycles. The van der Waals surface area contributed by atoms with Gasteiger partial charge in [-0.05, 0) is 19.9 Å². The first-order valence-electron chi connectivity index (χ1n) is 6.23. The van der Waals surface area contributed by atoms with Crippen LogP contribution in [-0.2, 0) is 6.54 Å². The summed E-state index contributed by atoms with van der Waals surface area (Å²) in [5.41, 5.74) is 0.756. The zero-order chi connectivity index (χ0) is 13.0. The molecule has 1 aromatic carbocycles. The Kier molecular flexibility index (Phi) is 3.78. The average molecular weight is 245 g/mol. The maximum absolute atomic E-state index is 5.76. The lowest BCUT2D eigenvalue weighted by Crippen LogP contribution is -2.37. The van der Waals surface area contributed by atoms with E-state index in [-0.39, 0.29) is 5.54 Å². The van der Waals surface area contributed by atoms with Gasteiger partial charge in [-0.15, -0.1) is 6.42 Å². The van der Waals surface area contributed by atoms with E-state index in [1.165, 1.54) is 0 Å². The molecule has 1 N–H and O–H groups in total. The van der Waals surface area contributed by atoms with E-state index in [4.69, 9.17) is 15.9 Å². The van der Waals surface area contributed by atoms with Gasteiger partial charge in [0.25, 0.3) is 0 Å². The fourth-order valence-corrected chi connectivity index (χ4v) is 1.76. The molecule has 0 amide bonds. The Morgan fingerprint density at radius 3 is 2.89 bits per heavy atom. The molecule has 1 aliphatic heterocycles. The molecule has 0 atom stereocenters. The molecular formula is C15H19NO2. The van der Waals surface area contributed by atoms with Gasteiger partial charge in [-0.2, -0.15) is 0 Å². The molecule has 2 rings (SSSR count). The SMILES string of the molecule is C#CC(C)(C)NCc1cccc2c1OCCCO2. The Bertz CT molecular complexity index is 460. The summed E-state index contributed by atoms with van der Waals surface area (Å²) in [5.74, 6) is 4.39. The maximum Gasteiger partial charge on any atom is 0.165 e. The van der Waals surface area contributed by atoms with Crippen molar-refractivity contribution < 1.29 is 9.47 Å². The molecule has 0 spiro atoms. The third-order valence-electron chi connectivity index (χ3n) is 2.93. The van der Waals surface area contributed by atoms with Gasteiger partial charge in [-0.25, -0.2) is 0 Å². The highest BCUT2D eigenvalue weighted by Crippen LogP contribution is 2.33. The highest BCUT2D eigenvalue weighted by molar-refractivity contribution is 5.47. The van der Waals surface area contributed by atoms with Crippen molar-refractivity contribution in [3.05, 3.63) is 23.8 Å². The minimum Gasteiger partial charge on any atom is -0.490 e. The zero-order valence-corrected chi connectivity index (χ0v) is 11.0. The van der Waals surface area contributed by atoms with E-state index >= 15 is 0 Å². The molecule has 1 aliphatic rings. The lowest BCUT2D eigenvalue weighted by Gasteiger charge is -2.21. The van der Waals surface area contributed by atoms with Crippen LogP contribution in [0, 0.1) is 12.3 Å². The first kappa shape index (κ1) is 12.8. The summed E-state index contributed by atoms with van der Waals surface area (Å²) in [6.45, 7) is 6.03. The van der Waals surface area contributed by atoms with Crippen molar-refractivity contribution in [3.63, 3.8) is 0 Å². The summed E-state index contributed by atoms with van der Waals surface area (Å²) in [7, 11) is 0. The van der Waals surface area contributed by atoms with Crippen molar-refractivity contribution in [2.75, 3.05) is 13.2 Å². The topological polar surface area (TPSA) is 30.5 Å². The van der Waals surface area contributed by atoms with E-state index in [0.29, 0.717) is 19.8 Å². The van der Waals surface area contributed by atoms with Crippen LogP contribution in [-0.4, -0.2) is 18.8 Å². The molecular weight excluding hydrogens is 226 g/mol. The molecule has 0 unspecified atom stereocenters. The van der Waals surface area contributed by atoms with E-state index in [1.807, 2.05) is 32.0 Å². The van der Waals surface area contributed by atoms with Crippen LogP contribution in [0.15, 0.2) is 18.2 Å². The quantitative estimate of drug-likeness (QED) is 0.829. The number of fused-ring (bicyclic) bond motifs is 1. The van der Waals surface area contributed by atoms with Crippen molar-refractivity contribution in [1.29, 1.82) is 0 Å². The van der Waals surface area contributed by atoms with Gasteiger partial charge in [-0.1, -0.05) is 18.1 Å². The highest BCUT2D eigenvalue weighted by atomic mass is 16.5. The Balaban J connectivity index is 2.16. The molecule has 0 aliphatic carbocycles. The van der Waals surface area contributed by atoms with Gasteiger partial charge in [0.15, 0.2) is 11.5 Å². The maximum atomic E-state index is 5.76. The number of para-hydroxylation sites is 1. The van der Waals surface area contributed by atoms with Gasteiger partial charge < -0.3 is 9.47 Å². The number of ether oxygens (including phenoxy) is 2. The largest absolute Gasteiger partial charge is 0.490 e. The smallest absolute Gasteiger partial charge is 0.165 e. The number of benzene rings is 1. The highest BCUT2D eigenvalue weighted by Gasteiger charge is 2.17. The Morgan fingerprint density at radius 2 is 2.11 bits per heavy atom. The molecule has 0 bridgehead atoms. The number of nitrogens with one attached hydrogen (secondary N) is 1. The molecule has 3 heteroatoms. The van der Waals surface area contributed by atoms with Gasteiger partial charge in [0.1, 0.15) is 0 Å². The average Bonchev–Trinajstić information content (AvgIpc) is 2.62. The second-order valence-electron chi connectivity index (χ2n) is 4.92. The summed E-state index contributed by atoms with van der Waals surface area (Å²) in [6, 6.07) is 5.96. The van der Waals surface area contributed by atoms with E-state index in [1.54, 1.807) is 0 Å². The fraction of sp³-hybridized carbons (Fsp3) is 0.467. The predicted molar refractivity (Wildman–Crippen MR) is 71.8 cm³/mol. The normalized spacial score (nSPS) is 14.7. The molecule has 0 aromatic heterocycles. The van der Waals surface area contributed by atoms with Crippen LogP contribution in [0.5, 0.6) is 11.5 Å². The monoisotopic (exact) mass is 245 g/mol. The van der Waals surface area contributed by atoms with Crippen molar-refractivity contribution in [2.45, 2.75) is 32.4 Å². The molecule has 3 nitrogen and oxygen atoms in total. The van der Waals surface area contributed by atoms with Crippen LogP contribution >= 0.6 is 0 Å². The fourth-order valence-electron chi connectivity index (χ4n) is 1.76. The first-order valence-corrected chi connectivity index (χ1v) is 6.23. The Hall–Kier alpha value is -1.66. The van der Waals surface area contributed by atoms with Crippen molar-refractivity contribution in [2.24, 2.45) is 0 Å². The van der Waals surface area contributed by atoms with E-state index in [0.717, 1.165) is 23.5 Å². The number of rotatable bonds is 3. The summed E-state index contributed by atoms with van der Waals surface area (Å²) >= 11 is 0. The standard InChI is InChI=1S/C15H19NO2/c1-4-15(2,3)16-11-12-7-5-8-13-14(12)18-10-6-9-17-13/h1,5,7-8,16H,6,9-11H2,2-3H3. The van der Waals surface area contributed by atoms with Crippen LogP contribution in [0.25, 0.3) is 0 Å². The third-order valence-corrected chi connectivity index (χ3v) is 2.93. The second kappa shape index (κ2) is 5.32. The van der Waals surface area contributed by atoms with Gasteiger partial charge in [0.2, 0.25) is 0 Å². The minimum atomic E-state index is -0.325. The van der Waals surface area contributed by atoms with Crippen LogP contribution < -0.4 is 14.8 Å². The lowest BCUT2D eigenvalue weighted by molar-refractivity contribution is 0.295. The van der Waals surface area contributed by atoms with Gasteiger partial charge >= 0.3 is 0 Å². The minimum absolute atomic E-state index is 0.325. The van der Waals surface area contributed by atoms with Crippen LogP contribution in [0.4, 0.5) is 0 Å². The zero-order valence-electron chi connectivity index (χ0n) is 11.0. The molecule has 1 aromatic rings.